The van der Waals surface area contributed by atoms with Gasteiger partial charge in [0, 0.05) is 15.2 Å². The van der Waals surface area contributed by atoms with Crippen LogP contribution in [0.25, 0.3) is 0 Å². The summed E-state index contributed by atoms with van der Waals surface area (Å²) < 4.78 is 0. The number of hydroxylamine groups is 2. The molecule has 0 saturated carbocycles. The second-order valence-corrected chi connectivity index (χ2v) is 5.99. The first-order chi connectivity index (χ1) is 7.36. The molecule has 0 unspecified atom stereocenters. The second-order valence-electron chi connectivity index (χ2n) is 4.61. The van der Waals surface area contributed by atoms with Crippen LogP contribution >= 0.6 is 11.3 Å². The predicted octanol–water partition coefficient (Wildman–Crippen LogP) is 3.21. The maximum Gasteiger partial charge on any atom is 0.251 e. The highest BCUT2D eigenvalue weighted by Gasteiger charge is 2.29. The summed E-state index contributed by atoms with van der Waals surface area (Å²) in [6, 6.07) is 3.93. The zero-order valence-electron chi connectivity index (χ0n) is 10.3. The van der Waals surface area contributed by atoms with Crippen LogP contribution in [-0.2, 0) is 11.3 Å². The summed E-state index contributed by atoms with van der Waals surface area (Å²) in [4.78, 5) is 14.1. The first kappa shape index (κ1) is 13.2. The van der Waals surface area contributed by atoms with Crippen molar-refractivity contribution < 1.29 is 10.0 Å². The lowest BCUT2D eigenvalue weighted by Crippen LogP contribution is -2.37. The third kappa shape index (κ3) is 3.06. The van der Waals surface area contributed by atoms with E-state index in [4.69, 9.17) is 0 Å². The van der Waals surface area contributed by atoms with Crippen molar-refractivity contribution in [2.24, 2.45) is 5.41 Å². The molecule has 0 fully saturated rings. The van der Waals surface area contributed by atoms with E-state index in [1.807, 2.05) is 39.8 Å². The molecular formula is C12H19NO2S. The average molecular weight is 241 g/mol. The van der Waals surface area contributed by atoms with E-state index in [1.54, 1.807) is 11.3 Å². The lowest BCUT2D eigenvalue weighted by atomic mass is 9.89. The summed E-state index contributed by atoms with van der Waals surface area (Å²) in [7, 11) is 0. The first-order valence-electron chi connectivity index (χ1n) is 5.43. The van der Waals surface area contributed by atoms with Crippen LogP contribution in [0.4, 0.5) is 0 Å². The van der Waals surface area contributed by atoms with Crippen molar-refractivity contribution in [2.45, 2.75) is 40.7 Å². The van der Waals surface area contributed by atoms with Gasteiger partial charge in [-0.05, 0) is 25.5 Å². The fraction of sp³-hybridized carbons (Fsp3) is 0.583. The highest BCUT2D eigenvalue weighted by Crippen LogP contribution is 2.24. The summed E-state index contributed by atoms with van der Waals surface area (Å²) in [6.07, 6.45) is 0.715. The zero-order valence-corrected chi connectivity index (χ0v) is 11.1. The van der Waals surface area contributed by atoms with E-state index in [0.717, 1.165) is 9.94 Å². The van der Waals surface area contributed by atoms with Crippen LogP contribution in [-0.4, -0.2) is 16.2 Å². The molecule has 0 aliphatic rings. The second kappa shape index (κ2) is 4.97. The van der Waals surface area contributed by atoms with E-state index in [2.05, 4.69) is 0 Å². The molecule has 0 spiro atoms. The van der Waals surface area contributed by atoms with E-state index in [-0.39, 0.29) is 12.5 Å². The maximum absolute atomic E-state index is 11.9. The van der Waals surface area contributed by atoms with Gasteiger partial charge in [-0.15, -0.1) is 11.3 Å². The van der Waals surface area contributed by atoms with Crippen molar-refractivity contribution >= 4 is 17.2 Å². The van der Waals surface area contributed by atoms with Crippen LogP contribution in [0.15, 0.2) is 12.1 Å². The van der Waals surface area contributed by atoms with Gasteiger partial charge in [0.2, 0.25) is 0 Å². The van der Waals surface area contributed by atoms with E-state index < -0.39 is 5.41 Å². The van der Waals surface area contributed by atoms with Crippen LogP contribution in [0.1, 0.15) is 36.9 Å². The molecule has 1 N–H and O–H groups in total. The Kier molecular flexibility index (Phi) is 4.10. The average Bonchev–Trinajstić information content (AvgIpc) is 2.62. The molecular weight excluding hydrogens is 222 g/mol. The molecule has 1 heterocycles. The topological polar surface area (TPSA) is 40.5 Å². The fourth-order valence-corrected chi connectivity index (χ4v) is 2.16. The van der Waals surface area contributed by atoms with Gasteiger partial charge in [0.05, 0.1) is 6.54 Å². The number of carbonyl (C=O) groups is 1. The molecule has 0 atom stereocenters. The van der Waals surface area contributed by atoms with E-state index >= 15 is 0 Å². The largest absolute Gasteiger partial charge is 0.286 e. The van der Waals surface area contributed by atoms with Gasteiger partial charge in [-0.2, -0.15) is 0 Å². The van der Waals surface area contributed by atoms with Gasteiger partial charge in [-0.1, -0.05) is 20.8 Å². The van der Waals surface area contributed by atoms with Crippen molar-refractivity contribution in [1.29, 1.82) is 0 Å². The van der Waals surface area contributed by atoms with Crippen molar-refractivity contribution in [3.8, 4) is 0 Å². The molecule has 16 heavy (non-hydrogen) atoms. The van der Waals surface area contributed by atoms with Crippen molar-refractivity contribution in [3.63, 3.8) is 0 Å². The van der Waals surface area contributed by atoms with Crippen LogP contribution < -0.4 is 0 Å². The highest BCUT2D eigenvalue weighted by atomic mass is 32.1. The Morgan fingerprint density at radius 3 is 2.56 bits per heavy atom. The van der Waals surface area contributed by atoms with Gasteiger partial charge < -0.3 is 0 Å². The van der Waals surface area contributed by atoms with Crippen molar-refractivity contribution in [1.82, 2.24) is 5.06 Å². The molecule has 1 amide bonds. The van der Waals surface area contributed by atoms with Crippen LogP contribution in [0.3, 0.4) is 0 Å². The van der Waals surface area contributed by atoms with E-state index in [9.17, 15) is 10.0 Å². The molecule has 4 heteroatoms. The zero-order chi connectivity index (χ0) is 12.3. The Morgan fingerprint density at radius 2 is 2.12 bits per heavy atom. The summed E-state index contributed by atoms with van der Waals surface area (Å²) >= 11 is 1.60. The summed E-state index contributed by atoms with van der Waals surface area (Å²) in [6.45, 7) is 7.92. The number of aryl methyl sites for hydroxylation is 1. The van der Waals surface area contributed by atoms with Crippen LogP contribution in [0.2, 0.25) is 0 Å². The minimum atomic E-state index is -0.499. The Balaban J connectivity index is 2.65. The quantitative estimate of drug-likeness (QED) is 0.649. The Morgan fingerprint density at radius 1 is 1.50 bits per heavy atom. The Hall–Kier alpha value is -0.870. The third-order valence-corrected chi connectivity index (χ3v) is 3.78. The SMILES string of the molecule is CCC(C)(C)C(=O)N(O)Cc1ccc(C)s1. The lowest BCUT2D eigenvalue weighted by Gasteiger charge is -2.26. The fourth-order valence-electron chi connectivity index (χ4n) is 1.29. The first-order valence-corrected chi connectivity index (χ1v) is 6.24. The van der Waals surface area contributed by atoms with Gasteiger partial charge in [0.1, 0.15) is 0 Å². The van der Waals surface area contributed by atoms with Gasteiger partial charge in [0.25, 0.3) is 5.91 Å². The minimum Gasteiger partial charge on any atom is -0.286 e. The monoisotopic (exact) mass is 241 g/mol. The predicted molar refractivity (Wildman–Crippen MR) is 65.5 cm³/mol. The number of rotatable bonds is 4. The summed E-state index contributed by atoms with van der Waals surface area (Å²) in [5.74, 6) is -0.221. The molecule has 1 aromatic rings. The minimum absolute atomic E-state index is 0.221. The summed E-state index contributed by atoms with van der Waals surface area (Å²) in [5, 5.41) is 10.6. The van der Waals surface area contributed by atoms with Gasteiger partial charge in [0.15, 0.2) is 0 Å². The van der Waals surface area contributed by atoms with Gasteiger partial charge >= 0.3 is 0 Å². The molecule has 0 saturated heterocycles. The maximum atomic E-state index is 11.9. The molecule has 1 aromatic heterocycles. The number of amides is 1. The van der Waals surface area contributed by atoms with Crippen molar-refractivity contribution in [3.05, 3.63) is 21.9 Å². The molecule has 0 aliphatic heterocycles. The molecule has 3 nitrogen and oxygen atoms in total. The third-order valence-electron chi connectivity index (χ3n) is 2.80. The van der Waals surface area contributed by atoms with Gasteiger partial charge in [-0.25, -0.2) is 5.06 Å². The smallest absolute Gasteiger partial charge is 0.251 e. The van der Waals surface area contributed by atoms with Crippen molar-refractivity contribution in [2.75, 3.05) is 0 Å². The van der Waals surface area contributed by atoms with Crippen LogP contribution in [0.5, 0.6) is 0 Å². The number of carbonyl (C=O) groups excluding carboxylic acids is 1. The highest BCUT2D eigenvalue weighted by molar-refractivity contribution is 7.11. The number of hydrogen-bond acceptors (Lipinski definition) is 3. The molecule has 0 bridgehead atoms. The molecule has 0 aliphatic carbocycles. The number of thiophene rings is 1. The molecule has 0 radical (unpaired) electrons. The standard InChI is InChI=1S/C12H19NO2S/c1-5-12(3,4)11(14)13(15)8-10-7-6-9(2)16-10/h6-7,15H,5,8H2,1-4H3. The Bertz CT molecular complexity index is 371. The van der Waals surface area contributed by atoms with E-state index in [0.29, 0.717) is 6.42 Å². The summed E-state index contributed by atoms with van der Waals surface area (Å²) in [5.41, 5.74) is -0.499. The van der Waals surface area contributed by atoms with Crippen LogP contribution in [0, 0.1) is 12.3 Å². The van der Waals surface area contributed by atoms with Gasteiger partial charge in [-0.3, -0.25) is 10.0 Å². The lowest BCUT2D eigenvalue weighted by molar-refractivity contribution is -0.178. The van der Waals surface area contributed by atoms with E-state index in [1.165, 1.54) is 4.88 Å². The molecule has 90 valence electrons. The Labute approximate surface area is 101 Å². The number of nitrogens with zero attached hydrogens (tertiary/aromatic N) is 1. The number of hydrogen-bond donors (Lipinski definition) is 1. The molecule has 1 rings (SSSR count). The normalized spacial score (nSPS) is 11.6. The molecule has 0 aromatic carbocycles.